The lowest BCUT2D eigenvalue weighted by atomic mass is 9.86. The third-order valence-corrected chi connectivity index (χ3v) is 6.36. The van der Waals surface area contributed by atoms with Crippen LogP contribution in [0.1, 0.15) is 20.8 Å². The average Bonchev–Trinajstić information content (AvgIpc) is 2.59. The predicted molar refractivity (Wildman–Crippen MR) is 103 cm³/mol. The van der Waals surface area contributed by atoms with Crippen LogP contribution in [0.3, 0.4) is 0 Å². The quantitative estimate of drug-likeness (QED) is 0.815. The molecular weight excluding hydrogens is 378 g/mol. The lowest BCUT2D eigenvalue weighted by molar-refractivity contribution is -0.136. The van der Waals surface area contributed by atoms with Crippen LogP contribution in [0.2, 0.25) is 0 Å². The predicted octanol–water partition coefficient (Wildman–Crippen LogP) is 1.32. The van der Waals surface area contributed by atoms with Crippen molar-refractivity contribution >= 4 is 28.3 Å². The van der Waals surface area contributed by atoms with Crippen LogP contribution in [0.25, 0.3) is 0 Å². The summed E-state index contributed by atoms with van der Waals surface area (Å²) in [7, 11) is -2.05. The minimum Gasteiger partial charge on any atom is -0.497 e. The van der Waals surface area contributed by atoms with E-state index in [-0.39, 0.29) is 41.7 Å². The fraction of sp³-hybridized carbons (Fsp3) is 0.588. The number of hydrogen-bond donors (Lipinski definition) is 1. The Morgan fingerprint density at radius 2 is 1.62 bits per heavy atom. The van der Waals surface area contributed by atoms with Gasteiger partial charge in [-0.1, -0.05) is 20.8 Å². The normalized spacial score (nSPS) is 17.3. The van der Waals surface area contributed by atoms with Crippen LogP contribution in [0.5, 0.6) is 5.75 Å². The van der Waals surface area contributed by atoms with Crippen molar-refractivity contribution in [3.05, 3.63) is 24.3 Å². The largest absolute Gasteiger partial charge is 0.497 e. The Morgan fingerprint density at radius 3 is 2.04 bits per heavy atom. The summed E-state index contributed by atoms with van der Waals surface area (Å²) >= 11 is 0. The maximum Gasteiger partial charge on any atom is 0.243 e. The zero-order chi connectivity index (χ0) is 18.8. The van der Waals surface area contributed by atoms with Crippen LogP contribution < -0.4 is 10.5 Å². The van der Waals surface area contributed by atoms with Crippen LogP contribution in [0, 0.1) is 5.41 Å². The molecule has 7 nitrogen and oxygen atoms in total. The standard InChI is InChI=1S/C17H27N3O4S.ClH/c1-17(2,3)15(18)16(21)19-9-11-20(12-10-19)25(22,23)14-7-5-13(24-4)6-8-14;/h5-8,15H,9-12,18H2,1-4H3;1H/t15-;/m1./s1. The lowest BCUT2D eigenvalue weighted by Gasteiger charge is -2.37. The Balaban J connectivity index is 0.00000338. The van der Waals surface area contributed by atoms with Gasteiger partial charge in [-0.3, -0.25) is 4.79 Å². The van der Waals surface area contributed by atoms with E-state index < -0.39 is 16.1 Å². The van der Waals surface area contributed by atoms with E-state index in [9.17, 15) is 13.2 Å². The molecule has 1 saturated heterocycles. The summed E-state index contributed by atoms with van der Waals surface area (Å²) in [5, 5.41) is 0. The SMILES string of the molecule is COc1ccc(S(=O)(=O)N2CCN(C(=O)[C@@H](N)C(C)(C)C)CC2)cc1.Cl. The van der Waals surface area contributed by atoms with Gasteiger partial charge in [-0.05, 0) is 29.7 Å². The Bertz CT molecular complexity index is 709. The minimum absolute atomic E-state index is 0. The number of nitrogens with zero attached hydrogens (tertiary/aromatic N) is 2. The van der Waals surface area contributed by atoms with E-state index in [4.69, 9.17) is 10.5 Å². The number of ether oxygens (including phenoxy) is 1. The molecule has 0 unspecified atom stereocenters. The topological polar surface area (TPSA) is 92.9 Å². The summed E-state index contributed by atoms with van der Waals surface area (Å²) in [6.07, 6.45) is 0. The molecule has 1 aromatic carbocycles. The Kier molecular flexibility index (Phi) is 7.47. The van der Waals surface area contributed by atoms with E-state index >= 15 is 0 Å². The van der Waals surface area contributed by atoms with Gasteiger partial charge in [0.2, 0.25) is 15.9 Å². The molecule has 1 heterocycles. The van der Waals surface area contributed by atoms with Gasteiger partial charge in [-0.2, -0.15) is 4.31 Å². The average molecular weight is 406 g/mol. The van der Waals surface area contributed by atoms with Crippen molar-refractivity contribution < 1.29 is 17.9 Å². The zero-order valence-corrected chi connectivity index (χ0v) is 17.3. The van der Waals surface area contributed by atoms with Gasteiger partial charge in [0.05, 0.1) is 18.0 Å². The van der Waals surface area contributed by atoms with Gasteiger partial charge in [0, 0.05) is 26.2 Å². The monoisotopic (exact) mass is 405 g/mol. The highest BCUT2D eigenvalue weighted by atomic mass is 35.5. The maximum absolute atomic E-state index is 12.7. The lowest BCUT2D eigenvalue weighted by Crippen LogP contribution is -2.56. The molecule has 0 aliphatic carbocycles. The number of benzene rings is 1. The fourth-order valence-corrected chi connectivity index (χ4v) is 4.03. The van der Waals surface area contributed by atoms with Gasteiger partial charge in [0.1, 0.15) is 5.75 Å². The third-order valence-electron chi connectivity index (χ3n) is 4.45. The molecule has 1 fully saturated rings. The third kappa shape index (κ3) is 4.88. The first-order valence-electron chi connectivity index (χ1n) is 8.26. The molecule has 0 aromatic heterocycles. The van der Waals surface area contributed by atoms with Gasteiger partial charge in [-0.15, -0.1) is 12.4 Å². The summed E-state index contributed by atoms with van der Waals surface area (Å²) in [6.45, 7) is 6.96. The number of rotatable bonds is 4. The zero-order valence-electron chi connectivity index (χ0n) is 15.6. The summed E-state index contributed by atoms with van der Waals surface area (Å²) in [5.74, 6) is 0.472. The van der Waals surface area contributed by atoms with Gasteiger partial charge in [0.15, 0.2) is 0 Å². The Labute approximate surface area is 161 Å². The number of sulfonamides is 1. The number of carbonyl (C=O) groups is 1. The second-order valence-electron chi connectivity index (χ2n) is 7.25. The van der Waals surface area contributed by atoms with Gasteiger partial charge in [0.25, 0.3) is 0 Å². The number of carbonyl (C=O) groups excluding carboxylic acids is 1. The van der Waals surface area contributed by atoms with Crippen LogP contribution >= 0.6 is 12.4 Å². The smallest absolute Gasteiger partial charge is 0.243 e. The van der Waals surface area contributed by atoms with Crippen LogP contribution in [0.15, 0.2) is 29.2 Å². The molecule has 1 atom stereocenters. The highest BCUT2D eigenvalue weighted by Gasteiger charge is 2.35. The molecule has 0 saturated carbocycles. The fourth-order valence-electron chi connectivity index (χ4n) is 2.61. The molecule has 2 N–H and O–H groups in total. The summed E-state index contributed by atoms with van der Waals surface area (Å²) < 4.78 is 31.9. The summed E-state index contributed by atoms with van der Waals surface area (Å²) in [5.41, 5.74) is 5.70. The second-order valence-corrected chi connectivity index (χ2v) is 9.19. The number of amides is 1. The highest BCUT2D eigenvalue weighted by molar-refractivity contribution is 7.89. The van der Waals surface area contributed by atoms with E-state index in [1.807, 2.05) is 20.8 Å². The van der Waals surface area contributed by atoms with E-state index in [1.54, 1.807) is 17.0 Å². The number of halogens is 1. The first-order chi connectivity index (χ1) is 11.6. The molecule has 0 spiro atoms. The first kappa shape index (κ1) is 22.7. The van der Waals surface area contributed by atoms with Crippen molar-refractivity contribution in [2.75, 3.05) is 33.3 Å². The molecule has 9 heteroatoms. The molecule has 1 aromatic rings. The maximum atomic E-state index is 12.7. The molecule has 1 aliphatic rings. The van der Waals surface area contributed by atoms with Gasteiger partial charge >= 0.3 is 0 Å². The molecular formula is C17H28ClN3O4S. The van der Waals surface area contributed by atoms with E-state index in [1.165, 1.54) is 23.5 Å². The van der Waals surface area contributed by atoms with Crippen molar-refractivity contribution in [3.8, 4) is 5.75 Å². The molecule has 148 valence electrons. The van der Waals surface area contributed by atoms with E-state index in [0.717, 1.165) is 0 Å². The number of methoxy groups -OCH3 is 1. The van der Waals surface area contributed by atoms with Crippen molar-refractivity contribution in [3.63, 3.8) is 0 Å². The summed E-state index contributed by atoms with van der Waals surface area (Å²) in [4.78, 5) is 14.3. The van der Waals surface area contributed by atoms with E-state index in [0.29, 0.717) is 18.8 Å². The molecule has 0 bridgehead atoms. The number of nitrogens with two attached hydrogens (primary N) is 1. The number of hydrogen-bond acceptors (Lipinski definition) is 5. The van der Waals surface area contributed by atoms with Crippen molar-refractivity contribution in [1.29, 1.82) is 0 Å². The molecule has 2 rings (SSSR count). The van der Waals surface area contributed by atoms with Crippen LogP contribution in [-0.2, 0) is 14.8 Å². The van der Waals surface area contributed by atoms with Crippen molar-refractivity contribution in [2.45, 2.75) is 31.7 Å². The Hall–Kier alpha value is -1.35. The van der Waals surface area contributed by atoms with Crippen LogP contribution in [-0.4, -0.2) is 62.9 Å². The Morgan fingerprint density at radius 1 is 1.12 bits per heavy atom. The van der Waals surface area contributed by atoms with Gasteiger partial charge in [-0.25, -0.2) is 8.42 Å². The minimum atomic E-state index is -3.58. The molecule has 1 amide bonds. The molecule has 0 radical (unpaired) electrons. The van der Waals surface area contributed by atoms with Crippen molar-refractivity contribution in [1.82, 2.24) is 9.21 Å². The summed E-state index contributed by atoms with van der Waals surface area (Å²) in [6, 6.07) is 5.70. The highest BCUT2D eigenvalue weighted by Crippen LogP contribution is 2.23. The first-order valence-corrected chi connectivity index (χ1v) is 9.70. The van der Waals surface area contributed by atoms with Gasteiger partial charge < -0.3 is 15.4 Å². The number of piperazine rings is 1. The van der Waals surface area contributed by atoms with Crippen LogP contribution in [0.4, 0.5) is 0 Å². The second kappa shape index (κ2) is 8.56. The molecule has 1 aliphatic heterocycles. The molecule has 26 heavy (non-hydrogen) atoms. The van der Waals surface area contributed by atoms with Crippen molar-refractivity contribution in [2.24, 2.45) is 11.1 Å². The van der Waals surface area contributed by atoms with E-state index in [2.05, 4.69) is 0 Å².